The van der Waals surface area contributed by atoms with Gasteiger partial charge in [-0.15, -0.1) is 0 Å². The molecule has 0 spiro atoms. The van der Waals surface area contributed by atoms with Crippen molar-refractivity contribution in [3.63, 3.8) is 0 Å². The average molecular weight is 400 g/mol. The van der Waals surface area contributed by atoms with Crippen molar-refractivity contribution in [1.82, 2.24) is 4.90 Å². The van der Waals surface area contributed by atoms with Crippen LogP contribution in [0.25, 0.3) is 0 Å². The first-order valence-corrected chi connectivity index (χ1v) is 9.84. The molecular formula is C23H30FN3O2. The van der Waals surface area contributed by atoms with Crippen LogP contribution >= 0.6 is 0 Å². The first-order chi connectivity index (χ1) is 13.7. The smallest absolute Gasteiger partial charge is 0.238 e. The Morgan fingerprint density at radius 3 is 1.93 bits per heavy atom. The van der Waals surface area contributed by atoms with Crippen molar-refractivity contribution >= 4 is 23.2 Å². The average Bonchev–Trinajstić information content (AvgIpc) is 2.60. The summed E-state index contributed by atoms with van der Waals surface area (Å²) in [5.41, 5.74) is 3.44. The van der Waals surface area contributed by atoms with Gasteiger partial charge in [0.25, 0.3) is 0 Å². The molecule has 0 aliphatic heterocycles. The molecule has 5 nitrogen and oxygen atoms in total. The fourth-order valence-electron chi connectivity index (χ4n) is 3.19. The third-order valence-corrected chi connectivity index (χ3v) is 4.57. The minimum atomic E-state index is -0.416. The number of rotatable bonds is 8. The molecule has 0 bridgehead atoms. The van der Waals surface area contributed by atoms with Crippen LogP contribution in [-0.4, -0.2) is 36.9 Å². The second kappa shape index (κ2) is 10.2. The van der Waals surface area contributed by atoms with Gasteiger partial charge in [0.1, 0.15) is 5.82 Å². The standard InChI is InChI=1S/C23H30FN3O2/c1-15(2)19-10-7-11-20(16(3)4)23(19)26-22(29)14-27(5)13-21(28)25-18-9-6-8-17(24)12-18/h6-12,15-16H,13-14H2,1-5H3,(H,25,28)(H,26,29). The second-order valence-corrected chi connectivity index (χ2v) is 7.90. The third-order valence-electron chi connectivity index (χ3n) is 4.57. The van der Waals surface area contributed by atoms with E-state index < -0.39 is 5.82 Å². The van der Waals surface area contributed by atoms with E-state index in [1.165, 1.54) is 18.2 Å². The Bertz CT molecular complexity index is 839. The molecule has 2 aromatic rings. The monoisotopic (exact) mass is 399 g/mol. The third kappa shape index (κ3) is 6.68. The number of nitrogens with zero attached hydrogens (tertiary/aromatic N) is 1. The lowest BCUT2D eigenvalue weighted by Gasteiger charge is -2.21. The van der Waals surface area contributed by atoms with E-state index in [2.05, 4.69) is 38.3 Å². The van der Waals surface area contributed by atoms with Crippen molar-refractivity contribution in [1.29, 1.82) is 0 Å². The summed E-state index contributed by atoms with van der Waals surface area (Å²) in [6, 6.07) is 11.8. The van der Waals surface area contributed by atoms with Crippen molar-refractivity contribution in [2.45, 2.75) is 39.5 Å². The summed E-state index contributed by atoms with van der Waals surface area (Å²) in [5.74, 6) is -0.352. The largest absolute Gasteiger partial charge is 0.325 e. The highest BCUT2D eigenvalue weighted by Crippen LogP contribution is 2.32. The number of carbonyl (C=O) groups is 2. The molecule has 0 aliphatic carbocycles. The number of hydrogen-bond acceptors (Lipinski definition) is 3. The zero-order chi connectivity index (χ0) is 21.6. The van der Waals surface area contributed by atoms with Gasteiger partial charge in [0, 0.05) is 11.4 Å². The molecule has 0 saturated heterocycles. The van der Waals surface area contributed by atoms with E-state index in [0.717, 1.165) is 16.8 Å². The van der Waals surface area contributed by atoms with Gasteiger partial charge < -0.3 is 10.6 Å². The van der Waals surface area contributed by atoms with Gasteiger partial charge in [0.15, 0.2) is 0 Å². The maximum atomic E-state index is 13.2. The minimum Gasteiger partial charge on any atom is -0.325 e. The predicted octanol–water partition coefficient (Wildman–Crippen LogP) is 4.58. The van der Waals surface area contributed by atoms with Crippen molar-refractivity contribution in [3.8, 4) is 0 Å². The topological polar surface area (TPSA) is 61.4 Å². The van der Waals surface area contributed by atoms with Crippen LogP contribution in [-0.2, 0) is 9.59 Å². The maximum Gasteiger partial charge on any atom is 0.238 e. The molecule has 0 aliphatic rings. The van der Waals surface area contributed by atoms with Crippen LogP contribution in [0, 0.1) is 5.82 Å². The predicted molar refractivity (Wildman–Crippen MR) is 116 cm³/mol. The van der Waals surface area contributed by atoms with E-state index in [-0.39, 0.29) is 36.7 Å². The molecular weight excluding hydrogens is 369 g/mol. The van der Waals surface area contributed by atoms with Gasteiger partial charge in [-0.05, 0) is 48.2 Å². The summed E-state index contributed by atoms with van der Waals surface area (Å²) in [4.78, 5) is 26.4. The van der Waals surface area contributed by atoms with Crippen LogP contribution in [0.1, 0.15) is 50.7 Å². The lowest BCUT2D eigenvalue weighted by atomic mass is 9.92. The zero-order valence-corrected chi connectivity index (χ0v) is 17.8. The summed E-state index contributed by atoms with van der Waals surface area (Å²) in [6.45, 7) is 8.47. The summed E-state index contributed by atoms with van der Waals surface area (Å²) in [6.07, 6.45) is 0. The van der Waals surface area contributed by atoms with Crippen molar-refractivity contribution in [3.05, 3.63) is 59.4 Å². The Morgan fingerprint density at radius 1 is 0.897 bits per heavy atom. The molecule has 6 heteroatoms. The van der Waals surface area contributed by atoms with Crippen molar-refractivity contribution < 1.29 is 14.0 Å². The highest BCUT2D eigenvalue weighted by molar-refractivity contribution is 5.95. The van der Waals surface area contributed by atoms with Crippen LogP contribution in [0.3, 0.4) is 0 Å². The highest BCUT2D eigenvalue weighted by atomic mass is 19.1. The van der Waals surface area contributed by atoms with Crippen LogP contribution in [0.15, 0.2) is 42.5 Å². The van der Waals surface area contributed by atoms with E-state index in [0.29, 0.717) is 5.69 Å². The molecule has 2 N–H and O–H groups in total. The number of nitrogens with one attached hydrogen (secondary N) is 2. The second-order valence-electron chi connectivity index (χ2n) is 7.90. The van der Waals surface area contributed by atoms with Crippen LogP contribution < -0.4 is 10.6 Å². The molecule has 0 atom stereocenters. The number of benzene rings is 2. The van der Waals surface area contributed by atoms with Crippen LogP contribution in [0.2, 0.25) is 0 Å². The van der Waals surface area contributed by atoms with Gasteiger partial charge in [0.05, 0.1) is 13.1 Å². The Labute approximate surface area is 172 Å². The van der Waals surface area contributed by atoms with Gasteiger partial charge in [-0.3, -0.25) is 14.5 Å². The number of halogens is 1. The number of likely N-dealkylation sites (N-methyl/N-ethyl adjacent to an activating group) is 1. The quantitative estimate of drug-likeness (QED) is 0.683. The van der Waals surface area contributed by atoms with Crippen LogP contribution in [0.5, 0.6) is 0 Å². The molecule has 2 aromatic carbocycles. The minimum absolute atomic E-state index is 0.0206. The van der Waals surface area contributed by atoms with E-state index in [1.807, 2.05) is 18.2 Å². The van der Waals surface area contributed by atoms with Crippen molar-refractivity contribution in [2.24, 2.45) is 0 Å². The van der Waals surface area contributed by atoms with Crippen LogP contribution in [0.4, 0.5) is 15.8 Å². The van der Waals surface area contributed by atoms with Crippen molar-refractivity contribution in [2.75, 3.05) is 30.8 Å². The van der Waals surface area contributed by atoms with Gasteiger partial charge in [-0.2, -0.15) is 0 Å². The Kier molecular flexibility index (Phi) is 7.91. The van der Waals surface area contributed by atoms with Gasteiger partial charge >= 0.3 is 0 Å². The number of amides is 2. The SMILES string of the molecule is CC(C)c1cccc(C(C)C)c1NC(=O)CN(C)CC(=O)Nc1cccc(F)c1. The fraction of sp³-hybridized carbons (Fsp3) is 0.391. The van der Waals surface area contributed by atoms with E-state index in [4.69, 9.17) is 0 Å². The molecule has 0 fully saturated rings. The molecule has 0 heterocycles. The molecule has 0 aromatic heterocycles. The molecule has 0 radical (unpaired) electrons. The number of hydrogen-bond donors (Lipinski definition) is 2. The zero-order valence-electron chi connectivity index (χ0n) is 17.8. The summed E-state index contributed by atoms with van der Waals surface area (Å²) >= 11 is 0. The maximum absolute atomic E-state index is 13.2. The summed E-state index contributed by atoms with van der Waals surface area (Å²) < 4.78 is 13.2. The summed E-state index contributed by atoms with van der Waals surface area (Å²) in [7, 11) is 1.70. The van der Waals surface area contributed by atoms with Gasteiger partial charge in [-0.25, -0.2) is 4.39 Å². The normalized spacial score (nSPS) is 11.2. The van der Waals surface area contributed by atoms with E-state index in [1.54, 1.807) is 18.0 Å². The Morgan fingerprint density at radius 2 is 1.41 bits per heavy atom. The number of para-hydroxylation sites is 1. The molecule has 156 valence electrons. The van der Waals surface area contributed by atoms with Gasteiger partial charge in [0.2, 0.25) is 11.8 Å². The molecule has 2 amide bonds. The number of anilines is 2. The summed E-state index contributed by atoms with van der Waals surface area (Å²) in [5, 5.41) is 5.67. The lowest BCUT2D eigenvalue weighted by Crippen LogP contribution is -2.36. The van der Waals surface area contributed by atoms with E-state index in [9.17, 15) is 14.0 Å². The fourth-order valence-corrected chi connectivity index (χ4v) is 3.19. The highest BCUT2D eigenvalue weighted by Gasteiger charge is 2.17. The lowest BCUT2D eigenvalue weighted by molar-refractivity contribution is -0.119. The first kappa shape index (κ1) is 22.6. The number of carbonyl (C=O) groups excluding carboxylic acids is 2. The molecule has 0 saturated carbocycles. The Hall–Kier alpha value is -2.73. The molecule has 29 heavy (non-hydrogen) atoms. The molecule has 0 unspecified atom stereocenters. The molecule has 2 rings (SSSR count). The first-order valence-electron chi connectivity index (χ1n) is 9.84. The van der Waals surface area contributed by atoms with Gasteiger partial charge in [-0.1, -0.05) is 52.0 Å². The Balaban J connectivity index is 1.99. The van der Waals surface area contributed by atoms with E-state index >= 15 is 0 Å².